The molecule has 8 nitrogen and oxygen atoms in total. The van der Waals surface area contributed by atoms with Crippen molar-refractivity contribution >= 4 is 28.7 Å². The third-order valence-electron chi connectivity index (χ3n) is 7.39. The van der Waals surface area contributed by atoms with Crippen molar-refractivity contribution in [2.75, 3.05) is 7.05 Å². The van der Waals surface area contributed by atoms with Gasteiger partial charge >= 0.3 is 5.97 Å². The van der Waals surface area contributed by atoms with Gasteiger partial charge in [-0.1, -0.05) is 24.3 Å². The van der Waals surface area contributed by atoms with Crippen molar-refractivity contribution in [2.45, 2.75) is 38.3 Å². The van der Waals surface area contributed by atoms with Crippen LogP contribution >= 0.6 is 0 Å². The van der Waals surface area contributed by atoms with Crippen molar-refractivity contribution in [2.24, 2.45) is 5.92 Å². The van der Waals surface area contributed by atoms with Crippen molar-refractivity contribution in [1.82, 2.24) is 20.2 Å². The third-order valence-corrected chi connectivity index (χ3v) is 7.39. The van der Waals surface area contributed by atoms with E-state index in [1.165, 1.54) is 12.1 Å². The molecule has 3 N–H and O–H groups in total. The highest BCUT2D eigenvalue weighted by Gasteiger charge is 2.27. The van der Waals surface area contributed by atoms with Gasteiger partial charge in [0.1, 0.15) is 11.5 Å². The Morgan fingerprint density at radius 1 is 0.974 bits per heavy atom. The number of fused-ring (bicyclic) bond motifs is 1. The van der Waals surface area contributed by atoms with Crippen LogP contribution in [0.3, 0.4) is 0 Å². The van der Waals surface area contributed by atoms with Crippen LogP contribution in [-0.2, 0) is 11.3 Å². The molecule has 0 saturated heterocycles. The summed E-state index contributed by atoms with van der Waals surface area (Å²) in [5.41, 5.74) is 3.97. The molecule has 2 aromatic carbocycles. The number of halogens is 1. The first-order chi connectivity index (χ1) is 18.8. The molecule has 2 heterocycles. The van der Waals surface area contributed by atoms with Crippen molar-refractivity contribution in [3.8, 4) is 11.1 Å². The van der Waals surface area contributed by atoms with Crippen LogP contribution in [0.15, 0.2) is 67.0 Å². The topological polar surface area (TPSA) is 113 Å². The second-order valence-electron chi connectivity index (χ2n) is 9.87. The van der Waals surface area contributed by atoms with Gasteiger partial charge in [-0.05, 0) is 72.7 Å². The van der Waals surface area contributed by atoms with Crippen LogP contribution in [-0.4, -0.2) is 45.5 Å². The lowest BCUT2D eigenvalue weighted by Gasteiger charge is -2.27. The maximum Gasteiger partial charge on any atom is 0.306 e. The molecule has 1 saturated carbocycles. The van der Waals surface area contributed by atoms with E-state index in [0.717, 1.165) is 16.7 Å². The molecular weight excluding hydrogens is 499 g/mol. The van der Waals surface area contributed by atoms with Crippen molar-refractivity contribution in [3.05, 3.63) is 89.6 Å². The number of carbonyl (C=O) groups excluding carboxylic acids is 2. The lowest BCUT2D eigenvalue weighted by molar-refractivity contribution is -0.142. The highest BCUT2D eigenvalue weighted by molar-refractivity contribution is 6.06. The Morgan fingerprint density at radius 2 is 1.72 bits per heavy atom. The second-order valence-corrected chi connectivity index (χ2v) is 9.87. The molecule has 0 spiro atoms. The standard InChI is InChI=1S/C30H29FN4O4/c1-32-29(37)26-16-21(12-14-33-26)19-4-2-18(3-5-19)17-35-15-13-23-25(31)11-10-24(27(23)35)28(36)34-22-8-6-20(7-9-22)30(38)39/h2-5,10-16,20,22H,6-9,17H2,1H3,(H,32,37)(H,34,36)(H,38,39). The molecule has 0 unspecified atom stereocenters. The van der Waals surface area contributed by atoms with Gasteiger partial charge in [0, 0.05) is 37.4 Å². The minimum atomic E-state index is -0.791. The summed E-state index contributed by atoms with van der Waals surface area (Å²) < 4.78 is 16.5. The average Bonchev–Trinajstić information content (AvgIpc) is 3.38. The summed E-state index contributed by atoms with van der Waals surface area (Å²) in [4.78, 5) is 40.5. The first-order valence-electron chi connectivity index (χ1n) is 12.9. The van der Waals surface area contributed by atoms with Gasteiger partial charge in [0.25, 0.3) is 11.8 Å². The van der Waals surface area contributed by atoms with E-state index in [9.17, 15) is 23.9 Å². The average molecular weight is 529 g/mol. The molecule has 0 radical (unpaired) electrons. The van der Waals surface area contributed by atoms with Gasteiger partial charge in [-0.15, -0.1) is 0 Å². The molecule has 2 amide bonds. The number of aliphatic carboxylic acids is 1. The van der Waals surface area contributed by atoms with Crippen LogP contribution in [0, 0.1) is 11.7 Å². The Balaban J connectivity index is 1.36. The summed E-state index contributed by atoms with van der Waals surface area (Å²) >= 11 is 0. The van der Waals surface area contributed by atoms with Gasteiger partial charge in [0.05, 0.1) is 17.0 Å². The number of pyridine rings is 1. The molecule has 5 rings (SSSR count). The number of benzene rings is 2. The summed E-state index contributed by atoms with van der Waals surface area (Å²) in [6.07, 6.45) is 5.62. The maximum atomic E-state index is 14.7. The minimum absolute atomic E-state index is 0.110. The monoisotopic (exact) mass is 528 g/mol. The molecular formula is C30H29FN4O4. The molecule has 4 aromatic rings. The van der Waals surface area contributed by atoms with E-state index in [2.05, 4.69) is 15.6 Å². The Bertz CT molecular complexity index is 1540. The highest BCUT2D eigenvalue weighted by Crippen LogP contribution is 2.28. The Kier molecular flexibility index (Phi) is 7.40. The van der Waals surface area contributed by atoms with E-state index in [0.29, 0.717) is 54.4 Å². The number of hydrogen-bond donors (Lipinski definition) is 3. The molecule has 1 aliphatic rings. The molecule has 0 atom stereocenters. The predicted octanol–water partition coefficient (Wildman–Crippen LogP) is 4.62. The Morgan fingerprint density at radius 3 is 2.41 bits per heavy atom. The first-order valence-corrected chi connectivity index (χ1v) is 12.9. The summed E-state index contributed by atoms with van der Waals surface area (Å²) in [6, 6.07) is 15.8. The highest BCUT2D eigenvalue weighted by atomic mass is 19.1. The van der Waals surface area contributed by atoms with Gasteiger partial charge < -0.3 is 20.3 Å². The van der Waals surface area contributed by atoms with Gasteiger partial charge in [-0.25, -0.2) is 4.39 Å². The molecule has 2 aromatic heterocycles. The van der Waals surface area contributed by atoms with Crippen LogP contribution in [0.2, 0.25) is 0 Å². The van der Waals surface area contributed by atoms with E-state index >= 15 is 0 Å². The van der Waals surface area contributed by atoms with E-state index in [4.69, 9.17) is 0 Å². The van der Waals surface area contributed by atoms with Crippen LogP contribution in [0.1, 0.15) is 52.1 Å². The quantitative estimate of drug-likeness (QED) is 0.324. The number of nitrogens with zero attached hydrogens (tertiary/aromatic N) is 2. The number of carboxylic acid groups (broad SMARTS) is 1. The van der Waals surface area contributed by atoms with Gasteiger partial charge in [0.15, 0.2) is 0 Å². The van der Waals surface area contributed by atoms with Crippen LogP contribution in [0.25, 0.3) is 22.0 Å². The number of carboxylic acids is 1. The number of aromatic nitrogens is 2. The number of carbonyl (C=O) groups is 3. The molecule has 200 valence electrons. The van der Waals surface area contributed by atoms with Gasteiger partial charge in [-0.2, -0.15) is 0 Å². The normalized spacial score (nSPS) is 17.1. The van der Waals surface area contributed by atoms with E-state index in [1.807, 2.05) is 34.9 Å². The molecule has 1 fully saturated rings. The zero-order valence-corrected chi connectivity index (χ0v) is 21.5. The second kappa shape index (κ2) is 11.1. The van der Waals surface area contributed by atoms with E-state index in [-0.39, 0.29) is 23.8 Å². The number of rotatable bonds is 7. The SMILES string of the molecule is CNC(=O)c1cc(-c2ccc(Cn3ccc4c(F)ccc(C(=O)NC5CCC(C(=O)O)CC5)c43)cc2)ccn1. The smallest absolute Gasteiger partial charge is 0.306 e. The summed E-state index contributed by atoms with van der Waals surface area (Å²) in [5.74, 6) is -2.11. The molecule has 0 aliphatic heterocycles. The predicted molar refractivity (Wildman–Crippen MR) is 145 cm³/mol. The van der Waals surface area contributed by atoms with Crippen LogP contribution < -0.4 is 10.6 Å². The lowest BCUT2D eigenvalue weighted by Crippen LogP contribution is -2.38. The zero-order valence-electron chi connectivity index (χ0n) is 21.5. The minimum Gasteiger partial charge on any atom is -0.481 e. The summed E-state index contributed by atoms with van der Waals surface area (Å²) in [6.45, 7) is 0.428. The lowest BCUT2D eigenvalue weighted by atomic mass is 9.86. The van der Waals surface area contributed by atoms with Crippen LogP contribution in [0.4, 0.5) is 4.39 Å². The fourth-order valence-electron chi connectivity index (χ4n) is 5.21. The summed E-state index contributed by atoms with van der Waals surface area (Å²) in [5, 5.41) is 15.2. The molecule has 1 aliphatic carbocycles. The third kappa shape index (κ3) is 5.52. The Hall–Kier alpha value is -4.53. The largest absolute Gasteiger partial charge is 0.481 e. The Labute approximate surface area is 224 Å². The fraction of sp³-hybridized carbons (Fsp3) is 0.267. The van der Waals surface area contributed by atoms with E-state index in [1.54, 1.807) is 31.6 Å². The zero-order chi connectivity index (χ0) is 27.5. The van der Waals surface area contributed by atoms with E-state index < -0.39 is 11.8 Å². The first kappa shape index (κ1) is 26.1. The molecule has 39 heavy (non-hydrogen) atoms. The van der Waals surface area contributed by atoms with Gasteiger partial charge in [0.2, 0.25) is 0 Å². The number of amides is 2. The summed E-state index contributed by atoms with van der Waals surface area (Å²) in [7, 11) is 1.56. The van der Waals surface area contributed by atoms with Crippen molar-refractivity contribution in [3.63, 3.8) is 0 Å². The fourth-order valence-corrected chi connectivity index (χ4v) is 5.21. The molecule has 0 bridgehead atoms. The van der Waals surface area contributed by atoms with Crippen LogP contribution in [0.5, 0.6) is 0 Å². The van der Waals surface area contributed by atoms with Gasteiger partial charge in [-0.3, -0.25) is 19.4 Å². The van der Waals surface area contributed by atoms with Crippen molar-refractivity contribution in [1.29, 1.82) is 0 Å². The number of hydrogen-bond acceptors (Lipinski definition) is 4. The maximum absolute atomic E-state index is 14.7. The van der Waals surface area contributed by atoms with Crippen molar-refractivity contribution < 1.29 is 23.9 Å². The number of nitrogens with one attached hydrogen (secondary N) is 2. The molecule has 9 heteroatoms.